The number of benzene rings is 3. The summed E-state index contributed by atoms with van der Waals surface area (Å²) in [5, 5.41) is 4.24. The van der Waals surface area contributed by atoms with Crippen LogP contribution in [-0.2, 0) is 6.54 Å². The van der Waals surface area contributed by atoms with Crippen LogP contribution in [-0.4, -0.2) is 26.8 Å². The topological polar surface area (TPSA) is 103 Å². The van der Waals surface area contributed by atoms with Crippen molar-refractivity contribution in [3.05, 3.63) is 98.9 Å². The zero-order chi connectivity index (χ0) is 22.9. The first-order chi connectivity index (χ1) is 16.0. The van der Waals surface area contributed by atoms with Crippen molar-refractivity contribution in [2.24, 2.45) is 0 Å². The van der Waals surface area contributed by atoms with Crippen LogP contribution in [0.4, 0.5) is 4.39 Å². The van der Waals surface area contributed by atoms with Gasteiger partial charge < -0.3 is 14.2 Å². The van der Waals surface area contributed by atoms with Crippen molar-refractivity contribution in [1.29, 1.82) is 0 Å². The number of methoxy groups -OCH3 is 1. The molecule has 2 heterocycles. The highest BCUT2D eigenvalue weighted by molar-refractivity contribution is 5.82. The second-order valence-electron chi connectivity index (χ2n) is 7.36. The van der Waals surface area contributed by atoms with Crippen LogP contribution in [0.3, 0.4) is 0 Å². The number of nitrogens with one attached hydrogen (secondary N) is 1. The van der Waals surface area contributed by atoms with E-state index >= 15 is 0 Å². The van der Waals surface area contributed by atoms with Crippen LogP contribution < -0.4 is 16.0 Å². The number of fused-ring (bicyclic) bond motifs is 1. The van der Waals surface area contributed by atoms with Crippen LogP contribution in [0.2, 0.25) is 0 Å². The molecule has 0 radical (unpaired) electrons. The van der Waals surface area contributed by atoms with E-state index in [1.807, 2.05) is 0 Å². The molecule has 0 aliphatic carbocycles. The summed E-state index contributed by atoms with van der Waals surface area (Å²) in [4.78, 5) is 32.7. The van der Waals surface area contributed by atoms with E-state index in [0.29, 0.717) is 27.8 Å². The molecule has 0 saturated carbocycles. The van der Waals surface area contributed by atoms with Gasteiger partial charge in [0.15, 0.2) is 0 Å². The maximum Gasteiger partial charge on any atom is 0.329 e. The number of rotatable bonds is 5. The molecule has 0 atom stereocenters. The fourth-order valence-corrected chi connectivity index (χ4v) is 3.53. The first kappa shape index (κ1) is 20.4. The average Bonchev–Trinajstić information content (AvgIpc) is 3.32. The summed E-state index contributed by atoms with van der Waals surface area (Å²) in [6.45, 7) is 0.122. The fraction of sp³-hybridized carbons (Fsp3) is 0.0833. The lowest BCUT2D eigenvalue weighted by molar-refractivity contribution is 0.414. The summed E-state index contributed by atoms with van der Waals surface area (Å²) in [6.07, 6.45) is 0. The summed E-state index contributed by atoms with van der Waals surface area (Å²) < 4.78 is 25.1. The highest BCUT2D eigenvalue weighted by atomic mass is 19.1. The smallest absolute Gasteiger partial charge is 0.329 e. The Kier molecular flexibility index (Phi) is 5.06. The molecule has 0 fully saturated rings. The van der Waals surface area contributed by atoms with Gasteiger partial charge in [0.1, 0.15) is 11.6 Å². The summed E-state index contributed by atoms with van der Waals surface area (Å²) >= 11 is 0. The maximum atomic E-state index is 13.5. The van der Waals surface area contributed by atoms with Crippen LogP contribution in [0.5, 0.6) is 5.75 Å². The van der Waals surface area contributed by atoms with Gasteiger partial charge in [-0.05, 0) is 48.0 Å². The van der Waals surface area contributed by atoms with Crippen LogP contribution in [0.25, 0.3) is 33.7 Å². The van der Waals surface area contributed by atoms with E-state index in [-0.39, 0.29) is 18.3 Å². The average molecular weight is 444 g/mol. The van der Waals surface area contributed by atoms with Gasteiger partial charge in [0.25, 0.3) is 11.4 Å². The lowest BCUT2D eigenvalue weighted by Gasteiger charge is -2.08. The highest BCUT2D eigenvalue weighted by Crippen LogP contribution is 2.24. The molecule has 8 nitrogen and oxygen atoms in total. The summed E-state index contributed by atoms with van der Waals surface area (Å²) in [5.74, 6) is 0.688. The fourth-order valence-electron chi connectivity index (χ4n) is 3.53. The first-order valence-electron chi connectivity index (χ1n) is 10.0. The molecular formula is C24H17FN4O4. The first-order valence-corrected chi connectivity index (χ1v) is 10.0. The summed E-state index contributed by atoms with van der Waals surface area (Å²) in [5.41, 5.74) is 1.17. The second kappa shape index (κ2) is 8.19. The van der Waals surface area contributed by atoms with Crippen molar-refractivity contribution in [3.63, 3.8) is 0 Å². The minimum Gasteiger partial charge on any atom is -0.497 e. The Balaban J connectivity index is 1.50. The molecule has 0 aliphatic heterocycles. The number of aromatic amines is 1. The molecular weight excluding hydrogens is 427 g/mol. The molecule has 5 aromatic rings. The number of hydrogen-bond acceptors (Lipinski definition) is 6. The van der Waals surface area contributed by atoms with Gasteiger partial charge in [-0.3, -0.25) is 9.36 Å². The Morgan fingerprint density at radius 2 is 1.85 bits per heavy atom. The Bertz CT molecular complexity index is 1590. The third-order valence-electron chi connectivity index (χ3n) is 5.24. The molecule has 2 aromatic heterocycles. The minimum absolute atomic E-state index is 0.122. The van der Waals surface area contributed by atoms with Gasteiger partial charge in [0, 0.05) is 11.1 Å². The van der Waals surface area contributed by atoms with Crippen molar-refractivity contribution in [1.82, 2.24) is 19.7 Å². The number of halogens is 1. The molecule has 0 saturated heterocycles. The Hall–Kier alpha value is -4.53. The molecule has 0 bridgehead atoms. The number of ether oxygens (including phenoxy) is 1. The largest absolute Gasteiger partial charge is 0.497 e. The zero-order valence-electron chi connectivity index (χ0n) is 17.4. The van der Waals surface area contributed by atoms with Crippen LogP contribution in [0.1, 0.15) is 5.56 Å². The number of H-pyrrole nitrogens is 1. The SMILES string of the molecule is COc1ccc(Cn2c(=O)[nH]c3cc(-c4nc(-c5cccc(F)c5)no4)ccc3c2=O)cc1. The molecule has 0 aliphatic rings. The normalized spacial score (nSPS) is 11.1. The molecule has 0 spiro atoms. The molecule has 0 amide bonds. The number of aromatic nitrogens is 4. The number of hydrogen-bond donors (Lipinski definition) is 1. The van der Waals surface area contributed by atoms with E-state index in [1.165, 1.54) is 12.1 Å². The summed E-state index contributed by atoms with van der Waals surface area (Å²) in [6, 6.07) is 17.8. The van der Waals surface area contributed by atoms with E-state index in [1.54, 1.807) is 61.7 Å². The number of nitrogens with zero attached hydrogens (tertiary/aromatic N) is 3. The second-order valence-corrected chi connectivity index (χ2v) is 7.36. The van der Waals surface area contributed by atoms with E-state index in [0.717, 1.165) is 10.1 Å². The van der Waals surface area contributed by atoms with Gasteiger partial charge in [-0.2, -0.15) is 4.98 Å². The van der Waals surface area contributed by atoms with Gasteiger partial charge in [-0.25, -0.2) is 9.18 Å². The predicted molar refractivity (Wildman–Crippen MR) is 120 cm³/mol. The van der Waals surface area contributed by atoms with Crippen molar-refractivity contribution in [2.45, 2.75) is 6.54 Å². The predicted octanol–water partition coefficient (Wildman–Crippen LogP) is 3.60. The van der Waals surface area contributed by atoms with Gasteiger partial charge in [-0.1, -0.05) is 29.4 Å². The molecule has 5 rings (SSSR count). The Morgan fingerprint density at radius 1 is 1.03 bits per heavy atom. The maximum absolute atomic E-state index is 13.5. The standard InChI is InChI=1S/C24H17FN4O4/c1-32-18-8-5-14(6-9-18)13-29-23(30)19-10-7-16(12-20(19)26-24(29)31)22-27-21(28-33-22)15-3-2-4-17(25)11-15/h2-12H,13H2,1H3,(H,26,31). The zero-order valence-corrected chi connectivity index (χ0v) is 17.4. The van der Waals surface area contributed by atoms with Gasteiger partial charge in [0.2, 0.25) is 5.82 Å². The highest BCUT2D eigenvalue weighted by Gasteiger charge is 2.14. The lowest BCUT2D eigenvalue weighted by Crippen LogP contribution is -2.35. The van der Waals surface area contributed by atoms with E-state index in [9.17, 15) is 14.0 Å². The van der Waals surface area contributed by atoms with E-state index < -0.39 is 17.1 Å². The Labute approximate surface area is 185 Å². The third kappa shape index (κ3) is 3.91. The van der Waals surface area contributed by atoms with Crippen molar-refractivity contribution >= 4 is 10.9 Å². The van der Waals surface area contributed by atoms with Crippen LogP contribution >= 0.6 is 0 Å². The minimum atomic E-state index is -0.536. The molecule has 164 valence electrons. The van der Waals surface area contributed by atoms with Crippen molar-refractivity contribution in [3.8, 4) is 28.6 Å². The van der Waals surface area contributed by atoms with Crippen LogP contribution in [0, 0.1) is 5.82 Å². The molecule has 0 unspecified atom stereocenters. The summed E-state index contributed by atoms with van der Waals surface area (Å²) in [7, 11) is 1.57. The molecule has 33 heavy (non-hydrogen) atoms. The molecule has 1 N–H and O–H groups in total. The molecule has 3 aromatic carbocycles. The van der Waals surface area contributed by atoms with Crippen molar-refractivity contribution in [2.75, 3.05) is 7.11 Å². The lowest BCUT2D eigenvalue weighted by atomic mass is 10.1. The van der Waals surface area contributed by atoms with Crippen LogP contribution in [0.15, 0.2) is 80.8 Å². The monoisotopic (exact) mass is 444 g/mol. The quantitative estimate of drug-likeness (QED) is 0.444. The van der Waals surface area contributed by atoms with E-state index in [2.05, 4.69) is 15.1 Å². The van der Waals surface area contributed by atoms with Gasteiger partial charge in [0.05, 0.1) is 24.6 Å². The third-order valence-corrected chi connectivity index (χ3v) is 5.24. The molecule has 9 heteroatoms. The van der Waals surface area contributed by atoms with Crippen molar-refractivity contribution < 1.29 is 13.7 Å². The van der Waals surface area contributed by atoms with Gasteiger partial charge >= 0.3 is 5.69 Å². The Morgan fingerprint density at radius 3 is 2.61 bits per heavy atom. The van der Waals surface area contributed by atoms with E-state index in [4.69, 9.17) is 9.26 Å². The van der Waals surface area contributed by atoms with Gasteiger partial charge in [-0.15, -0.1) is 0 Å².